The minimum absolute atomic E-state index is 0.569. The minimum atomic E-state index is 0.569. The predicted molar refractivity (Wildman–Crippen MR) is 69.9 cm³/mol. The van der Waals surface area contributed by atoms with Crippen molar-refractivity contribution in [3.05, 3.63) is 18.6 Å². The van der Waals surface area contributed by atoms with Crippen molar-refractivity contribution in [2.75, 3.05) is 37.4 Å². The van der Waals surface area contributed by atoms with Gasteiger partial charge in [-0.25, -0.2) is 9.97 Å². The molecule has 6 heteroatoms. The van der Waals surface area contributed by atoms with Gasteiger partial charge in [-0.05, 0) is 6.42 Å². The fraction of sp³-hybridized carbons (Fsp3) is 0.500. The Bertz CT molecular complexity index is 532. The van der Waals surface area contributed by atoms with Crippen LogP contribution in [0.2, 0.25) is 0 Å². The molecule has 96 valence electrons. The Hall–Kier alpha value is -1.82. The molecular formula is C12H17N5O. The van der Waals surface area contributed by atoms with E-state index in [9.17, 15) is 0 Å². The van der Waals surface area contributed by atoms with Gasteiger partial charge in [0.1, 0.15) is 5.82 Å². The summed E-state index contributed by atoms with van der Waals surface area (Å²) in [5.74, 6) is 2.21. The quantitative estimate of drug-likeness (QED) is 0.850. The number of rotatable bonds is 4. The molecule has 18 heavy (non-hydrogen) atoms. The Kier molecular flexibility index (Phi) is 3.02. The Morgan fingerprint density at radius 2 is 2.50 bits per heavy atom. The fourth-order valence-electron chi connectivity index (χ4n) is 2.16. The highest BCUT2D eigenvalue weighted by Crippen LogP contribution is 2.18. The maximum atomic E-state index is 5.37. The summed E-state index contributed by atoms with van der Waals surface area (Å²) in [6.07, 6.45) is 6.73. The molecule has 2 aromatic heterocycles. The van der Waals surface area contributed by atoms with Crippen LogP contribution in [0.4, 0.5) is 11.6 Å². The van der Waals surface area contributed by atoms with Gasteiger partial charge >= 0.3 is 0 Å². The Labute approximate surface area is 105 Å². The van der Waals surface area contributed by atoms with E-state index >= 15 is 0 Å². The largest absolute Gasteiger partial charge is 0.381 e. The molecule has 1 unspecified atom stereocenters. The zero-order chi connectivity index (χ0) is 12.4. The van der Waals surface area contributed by atoms with Gasteiger partial charge in [0, 0.05) is 38.5 Å². The van der Waals surface area contributed by atoms with Crippen LogP contribution in [0.3, 0.4) is 0 Å². The first kappa shape index (κ1) is 11.3. The number of hydrogen-bond donors (Lipinski definition) is 2. The molecule has 2 aromatic rings. The molecule has 2 N–H and O–H groups in total. The van der Waals surface area contributed by atoms with Crippen molar-refractivity contribution < 1.29 is 4.74 Å². The van der Waals surface area contributed by atoms with Crippen LogP contribution in [-0.4, -0.2) is 41.2 Å². The summed E-state index contributed by atoms with van der Waals surface area (Å²) in [4.78, 5) is 8.82. The molecule has 0 bridgehead atoms. The molecule has 0 radical (unpaired) electrons. The zero-order valence-electron chi connectivity index (χ0n) is 10.4. The van der Waals surface area contributed by atoms with Crippen molar-refractivity contribution in [2.24, 2.45) is 5.92 Å². The maximum absolute atomic E-state index is 5.37. The SMILES string of the molecule is CNc1cn2ccnc2c(NCC2CCOC2)n1. The van der Waals surface area contributed by atoms with Crippen LogP contribution in [0.1, 0.15) is 6.42 Å². The van der Waals surface area contributed by atoms with Crippen LogP contribution in [0, 0.1) is 5.92 Å². The van der Waals surface area contributed by atoms with Crippen molar-refractivity contribution in [3.63, 3.8) is 0 Å². The molecule has 1 aliphatic heterocycles. The molecule has 3 heterocycles. The van der Waals surface area contributed by atoms with Crippen LogP contribution in [0.25, 0.3) is 5.65 Å². The van der Waals surface area contributed by atoms with Gasteiger partial charge in [-0.2, -0.15) is 0 Å². The summed E-state index contributed by atoms with van der Waals surface area (Å²) in [7, 11) is 1.86. The Morgan fingerprint density at radius 3 is 3.28 bits per heavy atom. The summed E-state index contributed by atoms with van der Waals surface area (Å²) in [6.45, 7) is 2.58. The van der Waals surface area contributed by atoms with Crippen LogP contribution in [-0.2, 0) is 4.74 Å². The smallest absolute Gasteiger partial charge is 0.180 e. The van der Waals surface area contributed by atoms with Crippen LogP contribution in [0.5, 0.6) is 0 Å². The first-order valence-corrected chi connectivity index (χ1v) is 6.20. The lowest BCUT2D eigenvalue weighted by atomic mass is 10.1. The molecule has 0 amide bonds. The topological polar surface area (TPSA) is 63.5 Å². The molecule has 1 saturated heterocycles. The normalized spacial score (nSPS) is 19.3. The van der Waals surface area contributed by atoms with Crippen LogP contribution in [0.15, 0.2) is 18.6 Å². The van der Waals surface area contributed by atoms with E-state index in [4.69, 9.17) is 4.74 Å². The van der Waals surface area contributed by atoms with Gasteiger partial charge in [0.15, 0.2) is 11.5 Å². The lowest BCUT2D eigenvalue weighted by Crippen LogP contribution is -2.16. The third-order valence-corrected chi connectivity index (χ3v) is 3.21. The monoisotopic (exact) mass is 247 g/mol. The van der Waals surface area contributed by atoms with E-state index in [0.717, 1.165) is 43.5 Å². The molecular weight excluding hydrogens is 230 g/mol. The highest BCUT2D eigenvalue weighted by Gasteiger charge is 2.16. The van der Waals surface area contributed by atoms with Gasteiger partial charge in [0.05, 0.1) is 12.8 Å². The molecule has 0 aromatic carbocycles. The Morgan fingerprint density at radius 1 is 1.56 bits per heavy atom. The van der Waals surface area contributed by atoms with E-state index in [1.54, 1.807) is 6.20 Å². The van der Waals surface area contributed by atoms with Gasteiger partial charge in [-0.15, -0.1) is 0 Å². The third kappa shape index (κ3) is 2.11. The number of nitrogens with one attached hydrogen (secondary N) is 2. The van der Waals surface area contributed by atoms with Gasteiger partial charge in [0.2, 0.25) is 0 Å². The number of fused-ring (bicyclic) bond motifs is 1. The number of hydrogen-bond acceptors (Lipinski definition) is 5. The van der Waals surface area contributed by atoms with Gasteiger partial charge in [-0.3, -0.25) is 0 Å². The molecule has 0 saturated carbocycles. The lowest BCUT2D eigenvalue weighted by molar-refractivity contribution is 0.187. The van der Waals surface area contributed by atoms with E-state index in [0.29, 0.717) is 5.92 Å². The van der Waals surface area contributed by atoms with E-state index in [1.165, 1.54) is 0 Å². The van der Waals surface area contributed by atoms with Crippen molar-refractivity contribution in [1.29, 1.82) is 0 Å². The van der Waals surface area contributed by atoms with E-state index in [1.807, 2.05) is 23.8 Å². The van der Waals surface area contributed by atoms with Crippen molar-refractivity contribution in [3.8, 4) is 0 Å². The third-order valence-electron chi connectivity index (χ3n) is 3.21. The van der Waals surface area contributed by atoms with E-state index in [-0.39, 0.29) is 0 Å². The predicted octanol–water partition coefficient (Wildman–Crippen LogP) is 1.22. The summed E-state index contributed by atoms with van der Waals surface area (Å²) in [5, 5.41) is 6.43. The molecule has 1 aliphatic rings. The summed E-state index contributed by atoms with van der Waals surface area (Å²) < 4.78 is 7.33. The van der Waals surface area contributed by atoms with Crippen molar-refractivity contribution >= 4 is 17.3 Å². The standard InChI is InChI=1S/C12H17N5O/c1-13-10-7-17-4-3-14-12(17)11(16-10)15-6-9-2-5-18-8-9/h3-4,7,9,13H,2,5-6,8H2,1H3,(H,15,16). The second kappa shape index (κ2) is 4.81. The zero-order valence-corrected chi connectivity index (χ0v) is 10.4. The summed E-state index contributed by atoms with van der Waals surface area (Å²) >= 11 is 0. The fourth-order valence-corrected chi connectivity index (χ4v) is 2.16. The highest BCUT2D eigenvalue weighted by molar-refractivity contribution is 5.65. The number of nitrogens with zero attached hydrogens (tertiary/aromatic N) is 3. The molecule has 0 spiro atoms. The average molecular weight is 247 g/mol. The number of ether oxygens (including phenoxy) is 1. The first-order chi connectivity index (χ1) is 8.86. The summed E-state index contributed by atoms with van der Waals surface area (Å²) in [6, 6.07) is 0. The van der Waals surface area contributed by atoms with Crippen LogP contribution >= 0.6 is 0 Å². The molecule has 6 nitrogen and oxygen atoms in total. The van der Waals surface area contributed by atoms with Gasteiger partial charge in [-0.1, -0.05) is 0 Å². The molecule has 1 atom stereocenters. The minimum Gasteiger partial charge on any atom is -0.381 e. The molecule has 1 fully saturated rings. The maximum Gasteiger partial charge on any atom is 0.180 e. The number of aromatic nitrogens is 3. The molecule has 0 aliphatic carbocycles. The number of anilines is 2. The second-order valence-electron chi connectivity index (χ2n) is 4.49. The van der Waals surface area contributed by atoms with Crippen molar-refractivity contribution in [1.82, 2.24) is 14.4 Å². The Balaban J connectivity index is 1.82. The van der Waals surface area contributed by atoms with Crippen LogP contribution < -0.4 is 10.6 Å². The first-order valence-electron chi connectivity index (χ1n) is 6.20. The van der Waals surface area contributed by atoms with Crippen molar-refractivity contribution in [2.45, 2.75) is 6.42 Å². The van der Waals surface area contributed by atoms with Gasteiger partial charge < -0.3 is 19.8 Å². The summed E-state index contributed by atoms with van der Waals surface area (Å²) in [5.41, 5.74) is 0.855. The lowest BCUT2D eigenvalue weighted by Gasteiger charge is -2.12. The van der Waals surface area contributed by atoms with Gasteiger partial charge in [0.25, 0.3) is 0 Å². The second-order valence-corrected chi connectivity index (χ2v) is 4.49. The number of imidazole rings is 1. The average Bonchev–Trinajstić information content (AvgIpc) is 3.06. The highest BCUT2D eigenvalue weighted by atomic mass is 16.5. The van der Waals surface area contributed by atoms with E-state index in [2.05, 4.69) is 20.6 Å². The molecule has 3 rings (SSSR count). The van der Waals surface area contributed by atoms with E-state index < -0.39 is 0 Å².